The van der Waals surface area contributed by atoms with Gasteiger partial charge in [0.05, 0.1) is 12.5 Å². The van der Waals surface area contributed by atoms with Crippen molar-refractivity contribution in [2.75, 3.05) is 38.2 Å². The summed E-state index contributed by atoms with van der Waals surface area (Å²) in [5.41, 5.74) is 2.57. The van der Waals surface area contributed by atoms with Gasteiger partial charge in [-0.3, -0.25) is 4.90 Å². The van der Waals surface area contributed by atoms with Gasteiger partial charge >= 0.3 is 5.97 Å². The van der Waals surface area contributed by atoms with Gasteiger partial charge in [0.25, 0.3) is 0 Å². The predicted octanol–water partition coefficient (Wildman–Crippen LogP) is 4.67. The summed E-state index contributed by atoms with van der Waals surface area (Å²) in [6.45, 7) is 2.47. The summed E-state index contributed by atoms with van der Waals surface area (Å²) >= 11 is 1.53. The molecule has 34 heavy (non-hydrogen) atoms. The highest BCUT2D eigenvalue weighted by atomic mass is 32.1. The Morgan fingerprint density at radius 1 is 0.971 bits per heavy atom. The Balaban J connectivity index is 1.41. The average Bonchev–Trinajstić information content (AvgIpc) is 3.30. The number of benzene rings is 2. The summed E-state index contributed by atoms with van der Waals surface area (Å²) in [7, 11) is 1.36. The summed E-state index contributed by atoms with van der Waals surface area (Å²) < 4.78 is 31.9. The summed E-state index contributed by atoms with van der Waals surface area (Å²) in [4.78, 5) is 26.7. The van der Waals surface area contributed by atoms with Crippen molar-refractivity contribution in [2.24, 2.45) is 0 Å². The third kappa shape index (κ3) is 4.24. The molecule has 0 aliphatic carbocycles. The van der Waals surface area contributed by atoms with Crippen molar-refractivity contribution < 1.29 is 18.3 Å². The van der Waals surface area contributed by atoms with Crippen LogP contribution >= 0.6 is 11.3 Å². The van der Waals surface area contributed by atoms with Crippen molar-refractivity contribution in [3.63, 3.8) is 0 Å². The molecule has 1 atom stereocenters. The molecule has 1 aliphatic rings. The van der Waals surface area contributed by atoms with Crippen LogP contribution in [0.3, 0.4) is 0 Å². The molecular weight excluding hydrogens is 458 g/mol. The lowest BCUT2D eigenvalue weighted by Crippen LogP contribution is -2.49. The minimum atomic E-state index is -0.603. The third-order valence-corrected chi connectivity index (χ3v) is 6.98. The lowest BCUT2D eigenvalue weighted by molar-refractivity contribution is -0.147. The van der Waals surface area contributed by atoms with Gasteiger partial charge in [0.1, 0.15) is 34.7 Å². The van der Waals surface area contributed by atoms with Crippen LogP contribution in [0, 0.1) is 11.6 Å². The number of anilines is 1. The first kappa shape index (κ1) is 22.4. The highest BCUT2D eigenvalue weighted by Gasteiger charge is 2.32. The zero-order valence-electron chi connectivity index (χ0n) is 18.4. The van der Waals surface area contributed by atoms with E-state index in [1.54, 1.807) is 30.6 Å². The first-order valence-electron chi connectivity index (χ1n) is 10.9. The molecule has 1 fully saturated rings. The van der Waals surface area contributed by atoms with Crippen LogP contribution in [0.2, 0.25) is 0 Å². The van der Waals surface area contributed by atoms with E-state index in [4.69, 9.17) is 4.74 Å². The lowest BCUT2D eigenvalue weighted by Gasteiger charge is -2.39. The largest absolute Gasteiger partial charge is 0.468 e. The number of fused-ring (bicyclic) bond motifs is 1. The van der Waals surface area contributed by atoms with E-state index in [0.29, 0.717) is 31.7 Å². The smallest absolute Gasteiger partial charge is 0.327 e. The molecule has 3 heterocycles. The number of carbonyl (C=O) groups is 1. The van der Waals surface area contributed by atoms with Crippen LogP contribution in [0.4, 0.5) is 14.6 Å². The molecule has 6 nitrogen and oxygen atoms in total. The first-order valence-corrected chi connectivity index (χ1v) is 11.7. The van der Waals surface area contributed by atoms with Crippen LogP contribution < -0.4 is 4.90 Å². The number of esters is 1. The first-order chi connectivity index (χ1) is 16.5. The van der Waals surface area contributed by atoms with E-state index in [1.807, 2.05) is 10.3 Å². The van der Waals surface area contributed by atoms with Gasteiger partial charge in [-0.2, -0.15) is 0 Å². The molecule has 0 N–H and O–H groups in total. The molecule has 0 saturated carbocycles. The third-order valence-electron chi connectivity index (χ3n) is 6.09. The number of methoxy groups -OCH3 is 1. The summed E-state index contributed by atoms with van der Waals surface area (Å²) in [6, 6.07) is 11.8. The Morgan fingerprint density at radius 3 is 2.26 bits per heavy atom. The van der Waals surface area contributed by atoms with E-state index in [9.17, 15) is 13.6 Å². The Kier molecular flexibility index (Phi) is 6.21. The van der Waals surface area contributed by atoms with E-state index in [1.165, 1.54) is 42.7 Å². The molecule has 4 aromatic rings. The van der Waals surface area contributed by atoms with Gasteiger partial charge < -0.3 is 9.64 Å². The van der Waals surface area contributed by atoms with Gasteiger partial charge in [-0.05, 0) is 35.4 Å². The second kappa shape index (κ2) is 9.44. The van der Waals surface area contributed by atoms with Crippen LogP contribution in [-0.2, 0) is 9.53 Å². The maximum Gasteiger partial charge on any atom is 0.327 e. The normalized spacial score (nSPS) is 15.4. The minimum absolute atomic E-state index is 0.280. The van der Waals surface area contributed by atoms with Crippen LogP contribution in [0.25, 0.3) is 21.3 Å². The van der Waals surface area contributed by atoms with Gasteiger partial charge in [-0.25, -0.2) is 23.5 Å². The number of piperazine rings is 1. The molecule has 9 heteroatoms. The van der Waals surface area contributed by atoms with Crippen molar-refractivity contribution in [2.45, 2.75) is 6.04 Å². The van der Waals surface area contributed by atoms with Crippen molar-refractivity contribution in [3.8, 4) is 11.1 Å². The number of nitrogens with zero attached hydrogens (tertiary/aromatic N) is 4. The van der Waals surface area contributed by atoms with Crippen molar-refractivity contribution in [3.05, 3.63) is 77.4 Å². The highest BCUT2D eigenvalue weighted by Crippen LogP contribution is 2.38. The number of rotatable bonds is 5. The fourth-order valence-corrected chi connectivity index (χ4v) is 5.30. The number of halogens is 2. The molecule has 0 spiro atoms. The Labute approximate surface area is 199 Å². The fraction of sp³-hybridized carbons (Fsp3) is 0.240. The van der Waals surface area contributed by atoms with Gasteiger partial charge in [0, 0.05) is 37.1 Å². The van der Waals surface area contributed by atoms with Gasteiger partial charge in [-0.15, -0.1) is 11.3 Å². The van der Waals surface area contributed by atoms with Gasteiger partial charge in [0.2, 0.25) is 0 Å². The SMILES string of the molecule is COC(=O)[C@H](c1ccc(F)cc1)N1CCN(c2ncnc3scc(-c4ccc(F)cc4)c23)CC1. The van der Waals surface area contributed by atoms with E-state index >= 15 is 0 Å². The number of hydrogen-bond acceptors (Lipinski definition) is 7. The zero-order valence-corrected chi connectivity index (χ0v) is 19.3. The number of hydrogen-bond donors (Lipinski definition) is 0. The summed E-state index contributed by atoms with van der Waals surface area (Å²) in [5.74, 6) is -0.183. The van der Waals surface area contributed by atoms with E-state index in [-0.39, 0.29) is 17.6 Å². The molecule has 0 bridgehead atoms. The standard InChI is InChI=1S/C25H22F2N4O2S/c1-33-25(32)22(17-4-8-19(27)9-5-17)30-10-12-31(13-11-30)23-21-20(14-34-24(21)29-15-28-23)16-2-6-18(26)7-3-16/h2-9,14-15,22H,10-13H2,1H3/t22-/m0/s1. The molecular formula is C25H22F2N4O2S. The molecule has 174 valence electrons. The Bertz CT molecular complexity index is 1300. The van der Waals surface area contributed by atoms with E-state index in [2.05, 4.69) is 14.9 Å². The minimum Gasteiger partial charge on any atom is -0.468 e. The van der Waals surface area contributed by atoms with E-state index < -0.39 is 6.04 Å². The number of aromatic nitrogens is 2. The zero-order chi connectivity index (χ0) is 23.7. The number of ether oxygens (including phenoxy) is 1. The fourth-order valence-electron chi connectivity index (χ4n) is 4.39. The monoisotopic (exact) mass is 480 g/mol. The quantitative estimate of drug-likeness (QED) is 0.387. The molecule has 0 unspecified atom stereocenters. The number of carbonyl (C=O) groups excluding carboxylic acids is 1. The van der Waals surface area contributed by atoms with Crippen molar-refractivity contribution >= 4 is 33.3 Å². The van der Waals surface area contributed by atoms with Crippen LogP contribution in [0.1, 0.15) is 11.6 Å². The molecule has 2 aromatic heterocycles. The maximum absolute atomic E-state index is 13.5. The Morgan fingerprint density at radius 2 is 1.62 bits per heavy atom. The number of thiophene rings is 1. The van der Waals surface area contributed by atoms with Crippen LogP contribution in [0.5, 0.6) is 0 Å². The lowest BCUT2D eigenvalue weighted by atomic mass is 10.0. The van der Waals surface area contributed by atoms with E-state index in [0.717, 1.165) is 27.2 Å². The summed E-state index contributed by atoms with van der Waals surface area (Å²) in [5, 5.41) is 2.96. The molecule has 0 radical (unpaired) electrons. The second-order valence-corrected chi connectivity index (χ2v) is 8.89. The van der Waals surface area contributed by atoms with Crippen molar-refractivity contribution in [1.29, 1.82) is 0 Å². The molecule has 2 aromatic carbocycles. The molecule has 5 rings (SSSR count). The van der Waals surface area contributed by atoms with Crippen LogP contribution in [0.15, 0.2) is 60.2 Å². The summed E-state index contributed by atoms with van der Waals surface area (Å²) in [6.07, 6.45) is 1.56. The maximum atomic E-state index is 13.5. The average molecular weight is 481 g/mol. The van der Waals surface area contributed by atoms with Gasteiger partial charge in [0.15, 0.2) is 0 Å². The molecule has 1 saturated heterocycles. The molecule has 1 aliphatic heterocycles. The highest BCUT2D eigenvalue weighted by molar-refractivity contribution is 7.17. The van der Waals surface area contributed by atoms with Gasteiger partial charge in [-0.1, -0.05) is 24.3 Å². The second-order valence-electron chi connectivity index (χ2n) is 8.03. The topological polar surface area (TPSA) is 58.6 Å². The van der Waals surface area contributed by atoms with Crippen LogP contribution in [-0.4, -0.2) is 54.1 Å². The van der Waals surface area contributed by atoms with Crippen molar-refractivity contribution in [1.82, 2.24) is 14.9 Å². The predicted molar refractivity (Wildman–Crippen MR) is 128 cm³/mol. The molecule has 0 amide bonds. The Hall–Kier alpha value is -3.43.